The van der Waals surface area contributed by atoms with Gasteiger partial charge < -0.3 is 10.8 Å². The van der Waals surface area contributed by atoms with E-state index in [0.717, 1.165) is 6.20 Å². The lowest BCUT2D eigenvalue weighted by molar-refractivity contribution is 0.0585. The maximum absolute atomic E-state index is 13.2. The van der Waals surface area contributed by atoms with Crippen LogP contribution in [0.2, 0.25) is 0 Å². The molecule has 0 saturated heterocycles. The fraction of sp³-hybridized carbons (Fsp3) is 0.389. The van der Waals surface area contributed by atoms with Crippen molar-refractivity contribution in [3.05, 3.63) is 42.7 Å². The number of rotatable bonds is 6. The number of nitrogens with zero attached hydrogens (tertiary/aromatic N) is 4. The number of hydrogen-bond donors (Lipinski definition) is 2. The van der Waals surface area contributed by atoms with Gasteiger partial charge in [-0.05, 0) is 44.9 Å². The molecule has 0 fully saturated rings. The number of nitrogens with two attached hydrogens (primary N) is 1. The van der Waals surface area contributed by atoms with Gasteiger partial charge in [-0.15, -0.1) is 6.58 Å². The molecule has 1 unspecified atom stereocenters. The van der Waals surface area contributed by atoms with Crippen LogP contribution in [0.15, 0.2) is 37.2 Å². The van der Waals surface area contributed by atoms with Gasteiger partial charge in [-0.2, -0.15) is 18.6 Å². The van der Waals surface area contributed by atoms with Gasteiger partial charge in [0, 0.05) is 11.7 Å². The van der Waals surface area contributed by atoms with Gasteiger partial charge in [-0.25, -0.2) is 4.79 Å². The van der Waals surface area contributed by atoms with Crippen LogP contribution >= 0.6 is 0 Å². The molecular formula is C18H23F2N5O2. The van der Waals surface area contributed by atoms with E-state index in [2.05, 4.69) is 16.7 Å². The number of nitrogen functional groups attached to an aromatic ring is 1. The predicted molar refractivity (Wildman–Crippen MR) is 98.3 cm³/mol. The van der Waals surface area contributed by atoms with Crippen molar-refractivity contribution in [3.8, 4) is 11.4 Å². The Morgan fingerprint density at radius 2 is 2.15 bits per heavy atom. The molecule has 9 heteroatoms. The highest BCUT2D eigenvalue weighted by Crippen LogP contribution is 2.34. The molecule has 0 saturated carbocycles. The van der Waals surface area contributed by atoms with E-state index in [1.165, 1.54) is 11.1 Å². The molecular weight excluding hydrogens is 356 g/mol. The largest absolute Gasteiger partial charge is 0.465 e. The van der Waals surface area contributed by atoms with Crippen LogP contribution in [0.4, 0.5) is 19.3 Å². The molecule has 2 rings (SSSR count). The van der Waals surface area contributed by atoms with Crippen molar-refractivity contribution >= 4 is 11.8 Å². The lowest BCUT2D eigenvalue weighted by Crippen LogP contribution is -2.47. The molecule has 27 heavy (non-hydrogen) atoms. The molecule has 2 aromatic rings. The van der Waals surface area contributed by atoms with E-state index in [1.807, 2.05) is 0 Å². The summed E-state index contributed by atoms with van der Waals surface area (Å²) >= 11 is 0. The summed E-state index contributed by atoms with van der Waals surface area (Å²) in [5.74, 6) is 0. The Morgan fingerprint density at radius 1 is 1.48 bits per heavy atom. The van der Waals surface area contributed by atoms with Gasteiger partial charge >= 0.3 is 12.6 Å². The second kappa shape index (κ2) is 7.73. The lowest BCUT2D eigenvalue weighted by atomic mass is 9.96. The van der Waals surface area contributed by atoms with Gasteiger partial charge in [0.2, 0.25) is 0 Å². The Balaban J connectivity index is 2.58. The summed E-state index contributed by atoms with van der Waals surface area (Å²) in [4.78, 5) is 17.3. The first kappa shape index (κ1) is 20.3. The Morgan fingerprint density at radius 3 is 2.67 bits per heavy atom. The van der Waals surface area contributed by atoms with Crippen LogP contribution in [0.1, 0.15) is 45.3 Å². The molecule has 0 radical (unpaired) electrons. The number of pyridine rings is 1. The van der Waals surface area contributed by atoms with Gasteiger partial charge in [0.15, 0.2) is 0 Å². The number of halogens is 2. The standard InChI is InChI=1S/C18H23F2N5O2/c1-5-6-14(24(17(26)27)18(2,3)4)11-7-8-22-13(9-11)15-12(21)10-23-25(15)16(19)20/h5,7-10,14,16H,1,6,21H2,2-4H3,(H,26,27). The smallest absolute Gasteiger partial charge is 0.408 e. The number of aromatic nitrogens is 3. The first-order valence-corrected chi connectivity index (χ1v) is 8.28. The van der Waals surface area contributed by atoms with Crippen LogP contribution in [0.25, 0.3) is 11.4 Å². The molecule has 1 amide bonds. The summed E-state index contributed by atoms with van der Waals surface area (Å²) in [6.45, 7) is 6.17. The van der Waals surface area contributed by atoms with Crippen molar-refractivity contribution in [2.45, 2.75) is 45.3 Å². The molecule has 0 spiro atoms. The number of carboxylic acid groups (broad SMARTS) is 1. The highest BCUT2D eigenvalue weighted by molar-refractivity contribution is 5.71. The SMILES string of the molecule is C=CCC(c1ccnc(-c2c(N)cnn2C(F)F)c1)N(C(=O)O)C(C)(C)C. The monoisotopic (exact) mass is 379 g/mol. The van der Waals surface area contributed by atoms with Crippen LogP contribution in [0, 0.1) is 0 Å². The molecule has 1 atom stereocenters. The van der Waals surface area contributed by atoms with E-state index in [4.69, 9.17) is 5.73 Å². The summed E-state index contributed by atoms with van der Waals surface area (Å²) in [5.41, 5.74) is 5.94. The van der Waals surface area contributed by atoms with E-state index < -0.39 is 24.2 Å². The summed E-state index contributed by atoms with van der Waals surface area (Å²) in [7, 11) is 0. The molecule has 2 heterocycles. The highest BCUT2D eigenvalue weighted by atomic mass is 19.3. The second-order valence-electron chi connectivity index (χ2n) is 7.01. The van der Waals surface area contributed by atoms with Crippen molar-refractivity contribution in [1.29, 1.82) is 0 Å². The number of hydrogen-bond acceptors (Lipinski definition) is 4. The lowest BCUT2D eigenvalue weighted by Gasteiger charge is -2.39. The number of anilines is 1. The first-order chi connectivity index (χ1) is 12.6. The minimum Gasteiger partial charge on any atom is -0.465 e. The minimum atomic E-state index is -2.88. The van der Waals surface area contributed by atoms with Crippen LogP contribution < -0.4 is 5.73 Å². The summed E-state index contributed by atoms with van der Waals surface area (Å²) in [6, 6.07) is 2.65. The summed E-state index contributed by atoms with van der Waals surface area (Å²) in [5, 5.41) is 13.3. The molecule has 0 aliphatic rings. The third kappa shape index (κ3) is 4.24. The second-order valence-corrected chi connectivity index (χ2v) is 7.01. The van der Waals surface area contributed by atoms with Gasteiger partial charge in [0.05, 0.1) is 23.6 Å². The van der Waals surface area contributed by atoms with Crippen molar-refractivity contribution in [1.82, 2.24) is 19.7 Å². The Kier molecular flexibility index (Phi) is 5.82. The third-order valence-corrected chi connectivity index (χ3v) is 4.05. The summed E-state index contributed by atoms with van der Waals surface area (Å²) in [6.07, 6.45) is 3.44. The number of amides is 1. The Labute approximate surface area is 156 Å². The van der Waals surface area contributed by atoms with E-state index in [9.17, 15) is 18.7 Å². The zero-order valence-corrected chi connectivity index (χ0v) is 15.4. The minimum absolute atomic E-state index is 0.0122. The van der Waals surface area contributed by atoms with E-state index in [1.54, 1.807) is 39.0 Å². The highest BCUT2D eigenvalue weighted by Gasteiger charge is 2.34. The average molecular weight is 379 g/mol. The molecule has 0 aliphatic carbocycles. The van der Waals surface area contributed by atoms with Gasteiger partial charge in [-0.1, -0.05) is 6.08 Å². The fourth-order valence-electron chi connectivity index (χ4n) is 3.01. The number of alkyl halides is 2. The fourth-order valence-corrected chi connectivity index (χ4v) is 3.01. The molecule has 3 N–H and O–H groups in total. The van der Waals surface area contributed by atoms with Gasteiger partial charge in [-0.3, -0.25) is 9.88 Å². The molecule has 0 aromatic carbocycles. The van der Waals surface area contributed by atoms with E-state index in [-0.39, 0.29) is 17.1 Å². The van der Waals surface area contributed by atoms with Crippen LogP contribution in [-0.4, -0.2) is 36.4 Å². The molecule has 146 valence electrons. The summed E-state index contributed by atoms with van der Waals surface area (Å²) < 4.78 is 26.9. The normalized spacial score (nSPS) is 12.8. The van der Waals surface area contributed by atoms with Crippen molar-refractivity contribution in [3.63, 3.8) is 0 Å². The maximum Gasteiger partial charge on any atom is 0.408 e. The van der Waals surface area contributed by atoms with Crippen LogP contribution in [0.5, 0.6) is 0 Å². The van der Waals surface area contributed by atoms with Gasteiger partial charge in [0.1, 0.15) is 5.69 Å². The van der Waals surface area contributed by atoms with E-state index >= 15 is 0 Å². The quantitative estimate of drug-likeness (QED) is 0.729. The van der Waals surface area contributed by atoms with Crippen LogP contribution in [-0.2, 0) is 0 Å². The topological polar surface area (TPSA) is 97.3 Å². The Hall–Kier alpha value is -2.97. The Bertz CT molecular complexity index is 829. The third-order valence-electron chi connectivity index (χ3n) is 4.05. The molecule has 0 bridgehead atoms. The molecule has 7 nitrogen and oxygen atoms in total. The predicted octanol–water partition coefficient (Wildman–Crippen LogP) is 4.32. The maximum atomic E-state index is 13.2. The van der Waals surface area contributed by atoms with Crippen LogP contribution in [0.3, 0.4) is 0 Å². The molecule has 0 aliphatic heterocycles. The average Bonchev–Trinajstić information content (AvgIpc) is 2.95. The molecule has 2 aromatic heterocycles. The first-order valence-electron chi connectivity index (χ1n) is 8.28. The van der Waals surface area contributed by atoms with Crippen molar-refractivity contribution in [2.24, 2.45) is 0 Å². The van der Waals surface area contributed by atoms with Gasteiger partial charge in [0.25, 0.3) is 0 Å². The number of carbonyl (C=O) groups is 1. The zero-order valence-electron chi connectivity index (χ0n) is 15.4. The van der Waals surface area contributed by atoms with Crippen molar-refractivity contribution < 1.29 is 18.7 Å². The zero-order chi connectivity index (χ0) is 20.4. The van der Waals surface area contributed by atoms with Crippen molar-refractivity contribution in [2.75, 3.05) is 5.73 Å². The van der Waals surface area contributed by atoms with E-state index in [0.29, 0.717) is 16.7 Å².